The van der Waals surface area contributed by atoms with Gasteiger partial charge in [-0.2, -0.15) is 9.61 Å². The Morgan fingerprint density at radius 2 is 1.88 bits per heavy atom. The van der Waals surface area contributed by atoms with Gasteiger partial charge in [0.2, 0.25) is 4.96 Å². The second-order valence-corrected chi connectivity index (χ2v) is 9.03. The lowest BCUT2D eigenvalue weighted by Gasteiger charge is -2.24. The molecule has 166 valence electrons. The van der Waals surface area contributed by atoms with Gasteiger partial charge in [0.25, 0.3) is 5.56 Å². The molecule has 0 N–H and O–H groups in total. The molecule has 0 atom stereocenters. The Hall–Kier alpha value is -3.10. The third kappa shape index (κ3) is 5.03. The molecule has 8 heteroatoms. The van der Waals surface area contributed by atoms with Gasteiger partial charge < -0.3 is 4.74 Å². The summed E-state index contributed by atoms with van der Waals surface area (Å²) >= 11 is 1.36. The summed E-state index contributed by atoms with van der Waals surface area (Å²) in [6.07, 6.45) is 0. The Morgan fingerprint density at radius 1 is 1.12 bits per heavy atom. The van der Waals surface area contributed by atoms with E-state index in [4.69, 9.17) is 9.72 Å². The Morgan fingerprint density at radius 3 is 2.59 bits per heavy atom. The van der Waals surface area contributed by atoms with E-state index in [0.29, 0.717) is 40.4 Å². The minimum Gasteiger partial charge on any atom is -0.496 e. The molecule has 2 aromatic heterocycles. The number of aromatic nitrogens is 3. The number of ether oxygens (including phenoxy) is 1. The quantitative estimate of drug-likeness (QED) is 0.390. The van der Waals surface area contributed by atoms with Gasteiger partial charge in [0.15, 0.2) is 5.01 Å². The van der Waals surface area contributed by atoms with Crippen LogP contribution in [-0.4, -0.2) is 33.2 Å². The highest BCUT2D eigenvalue weighted by atomic mass is 32.1. The fraction of sp³-hybridized carbons (Fsp3) is 0.292. The van der Waals surface area contributed by atoms with Crippen LogP contribution >= 0.6 is 11.3 Å². The fourth-order valence-corrected chi connectivity index (χ4v) is 4.60. The SMILES string of the molecule is COc1ccccc1-c1nn2c(=O)cc(CN(Cc3ccc(F)cc3)CC(C)C)nc2s1. The van der Waals surface area contributed by atoms with E-state index in [0.717, 1.165) is 17.7 Å². The molecule has 4 rings (SSSR count). The first-order chi connectivity index (χ1) is 15.4. The molecule has 0 unspecified atom stereocenters. The van der Waals surface area contributed by atoms with Crippen LogP contribution < -0.4 is 10.3 Å². The Bertz CT molecular complexity index is 1270. The molecule has 0 bridgehead atoms. The summed E-state index contributed by atoms with van der Waals surface area (Å²) in [6, 6.07) is 15.6. The monoisotopic (exact) mass is 452 g/mol. The Kier molecular flexibility index (Phi) is 6.62. The molecule has 0 aliphatic heterocycles. The maximum atomic E-state index is 13.3. The highest BCUT2D eigenvalue weighted by Gasteiger charge is 2.16. The van der Waals surface area contributed by atoms with Crippen molar-refractivity contribution in [3.05, 3.63) is 82.0 Å². The van der Waals surface area contributed by atoms with Crippen molar-refractivity contribution in [2.75, 3.05) is 13.7 Å². The number of fused-ring (bicyclic) bond motifs is 1. The zero-order valence-corrected chi connectivity index (χ0v) is 19.1. The van der Waals surface area contributed by atoms with Gasteiger partial charge in [-0.25, -0.2) is 9.37 Å². The molecule has 2 aromatic carbocycles. The van der Waals surface area contributed by atoms with Crippen molar-refractivity contribution < 1.29 is 9.13 Å². The average Bonchev–Trinajstić information content (AvgIpc) is 3.19. The predicted octanol–water partition coefficient (Wildman–Crippen LogP) is 4.62. The van der Waals surface area contributed by atoms with Crippen molar-refractivity contribution in [3.63, 3.8) is 0 Å². The summed E-state index contributed by atoms with van der Waals surface area (Å²) < 4.78 is 20.0. The van der Waals surface area contributed by atoms with Crippen LogP contribution in [0.25, 0.3) is 15.5 Å². The molecule has 0 spiro atoms. The standard InChI is InChI=1S/C24H25FN4O2S/c1-16(2)13-28(14-17-8-10-18(25)11-9-17)15-19-12-22(30)29-24(26-19)32-23(27-29)20-6-4-5-7-21(20)31-3/h4-12,16H,13-15H2,1-3H3. The van der Waals surface area contributed by atoms with Gasteiger partial charge in [0, 0.05) is 25.7 Å². The summed E-state index contributed by atoms with van der Waals surface area (Å²) in [6.45, 7) is 6.28. The van der Waals surface area contributed by atoms with Crippen LogP contribution in [0.2, 0.25) is 0 Å². The van der Waals surface area contributed by atoms with Crippen molar-refractivity contribution >= 4 is 16.3 Å². The number of para-hydroxylation sites is 1. The zero-order valence-electron chi connectivity index (χ0n) is 18.3. The lowest BCUT2D eigenvalue weighted by molar-refractivity contribution is 0.225. The second-order valence-electron chi connectivity index (χ2n) is 8.08. The Labute approximate surface area is 189 Å². The second kappa shape index (κ2) is 9.58. The summed E-state index contributed by atoms with van der Waals surface area (Å²) in [5, 5.41) is 5.14. The Balaban J connectivity index is 1.64. The smallest absolute Gasteiger partial charge is 0.275 e. The molecule has 0 amide bonds. The first-order valence-electron chi connectivity index (χ1n) is 10.4. The molecule has 2 heterocycles. The maximum Gasteiger partial charge on any atom is 0.275 e. The van der Waals surface area contributed by atoms with Crippen molar-refractivity contribution in [1.82, 2.24) is 19.5 Å². The molecule has 0 fully saturated rings. The van der Waals surface area contributed by atoms with Crippen LogP contribution in [0.3, 0.4) is 0 Å². The number of nitrogens with zero attached hydrogens (tertiary/aromatic N) is 4. The van der Waals surface area contributed by atoms with Crippen LogP contribution in [0.4, 0.5) is 4.39 Å². The molecule has 0 radical (unpaired) electrons. The number of hydrogen-bond donors (Lipinski definition) is 0. The summed E-state index contributed by atoms with van der Waals surface area (Å²) in [4.78, 5) is 20.3. The molecular formula is C24H25FN4O2S. The van der Waals surface area contributed by atoms with E-state index in [1.54, 1.807) is 19.2 Å². The van der Waals surface area contributed by atoms with E-state index < -0.39 is 0 Å². The molecule has 32 heavy (non-hydrogen) atoms. The van der Waals surface area contributed by atoms with Crippen LogP contribution in [0.5, 0.6) is 5.75 Å². The highest BCUT2D eigenvalue weighted by molar-refractivity contribution is 7.19. The number of benzene rings is 2. The van der Waals surface area contributed by atoms with Gasteiger partial charge in [-0.15, -0.1) is 0 Å². The molecular weight excluding hydrogens is 427 g/mol. The summed E-state index contributed by atoms with van der Waals surface area (Å²) in [5.74, 6) is 0.878. The first-order valence-corrected chi connectivity index (χ1v) is 11.2. The molecule has 0 saturated carbocycles. The van der Waals surface area contributed by atoms with Crippen molar-refractivity contribution in [2.45, 2.75) is 26.9 Å². The van der Waals surface area contributed by atoms with Gasteiger partial charge in [0.1, 0.15) is 11.6 Å². The van der Waals surface area contributed by atoms with E-state index in [-0.39, 0.29) is 11.4 Å². The van der Waals surface area contributed by atoms with E-state index in [2.05, 4.69) is 23.8 Å². The predicted molar refractivity (Wildman–Crippen MR) is 124 cm³/mol. The average molecular weight is 453 g/mol. The molecule has 0 aliphatic carbocycles. The lowest BCUT2D eigenvalue weighted by atomic mass is 10.1. The number of methoxy groups -OCH3 is 1. The fourth-order valence-electron chi connectivity index (χ4n) is 3.65. The molecule has 0 aliphatic rings. The third-order valence-corrected chi connectivity index (χ3v) is 5.91. The van der Waals surface area contributed by atoms with Gasteiger partial charge in [-0.3, -0.25) is 9.69 Å². The molecule has 0 saturated heterocycles. The van der Waals surface area contributed by atoms with Crippen LogP contribution in [0, 0.1) is 11.7 Å². The zero-order chi connectivity index (χ0) is 22.7. The summed E-state index contributed by atoms with van der Waals surface area (Å²) in [5.41, 5.74) is 2.31. The van der Waals surface area contributed by atoms with Gasteiger partial charge in [-0.05, 0) is 35.7 Å². The normalized spacial score (nSPS) is 11.6. The van der Waals surface area contributed by atoms with Crippen LogP contribution in [0.1, 0.15) is 25.1 Å². The minimum atomic E-state index is -0.250. The van der Waals surface area contributed by atoms with Gasteiger partial charge in [0.05, 0.1) is 18.4 Å². The lowest BCUT2D eigenvalue weighted by Crippen LogP contribution is -2.28. The van der Waals surface area contributed by atoms with E-state index in [1.807, 2.05) is 24.3 Å². The topological polar surface area (TPSA) is 59.7 Å². The van der Waals surface area contributed by atoms with Gasteiger partial charge >= 0.3 is 0 Å². The third-order valence-electron chi connectivity index (χ3n) is 4.96. The first kappa shape index (κ1) is 22.1. The largest absolute Gasteiger partial charge is 0.496 e. The van der Waals surface area contributed by atoms with E-state index >= 15 is 0 Å². The maximum absolute atomic E-state index is 13.3. The van der Waals surface area contributed by atoms with Crippen molar-refractivity contribution in [1.29, 1.82) is 0 Å². The number of hydrogen-bond acceptors (Lipinski definition) is 6. The van der Waals surface area contributed by atoms with Crippen LogP contribution in [-0.2, 0) is 13.1 Å². The minimum absolute atomic E-state index is 0.214. The van der Waals surface area contributed by atoms with E-state index in [1.165, 1.54) is 34.1 Å². The van der Waals surface area contributed by atoms with Gasteiger partial charge in [-0.1, -0.05) is 49.4 Å². The molecule has 4 aromatic rings. The summed E-state index contributed by atoms with van der Waals surface area (Å²) in [7, 11) is 1.61. The number of halogens is 1. The highest BCUT2D eigenvalue weighted by Crippen LogP contribution is 2.32. The van der Waals surface area contributed by atoms with Crippen molar-refractivity contribution in [3.8, 4) is 16.3 Å². The van der Waals surface area contributed by atoms with E-state index in [9.17, 15) is 9.18 Å². The van der Waals surface area contributed by atoms with Crippen LogP contribution in [0.15, 0.2) is 59.4 Å². The molecule has 6 nitrogen and oxygen atoms in total. The van der Waals surface area contributed by atoms with Crippen molar-refractivity contribution in [2.24, 2.45) is 5.92 Å². The number of rotatable bonds is 8.